The summed E-state index contributed by atoms with van der Waals surface area (Å²) in [7, 11) is 2.94. The van der Waals surface area contributed by atoms with Crippen molar-refractivity contribution in [1.29, 1.82) is 0 Å². The van der Waals surface area contributed by atoms with Crippen molar-refractivity contribution in [3.63, 3.8) is 0 Å². The Hall–Kier alpha value is -4.88. The number of nitrogens with zero attached hydrogens (tertiary/aromatic N) is 4. The van der Waals surface area contributed by atoms with E-state index in [4.69, 9.17) is 9.47 Å². The van der Waals surface area contributed by atoms with Crippen LogP contribution in [0.15, 0.2) is 47.5 Å². The molecule has 3 N–H and O–H groups in total. The van der Waals surface area contributed by atoms with Gasteiger partial charge < -0.3 is 24.9 Å². The molecule has 0 spiro atoms. The lowest BCUT2D eigenvalue weighted by molar-refractivity contribution is -0.141. The highest BCUT2D eigenvalue weighted by Gasteiger charge is 2.35. The number of hydrogen-bond donors (Lipinski definition) is 3. The molecule has 37 heavy (non-hydrogen) atoms. The summed E-state index contributed by atoms with van der Waals surface area (Å²) >= 11 is 0. The number of rotatable bonds is 7. The average molecular weight is 516 g/mol. The van der Waals surface area contributed by atoms with Crippen LogP contribution in [-0.4, -0.2) is 50.0 Å². The minimum Gasteiger partial charge on any atom is -0.497 e. The second-order valence-corrected chi connectivity index (χ2v) is 7.67. The first kappa shape index (κ1) is 25.2. The number of anilines is 2. The Kier molecular flexibility index (Phi) is 6.57. The van der Waals surface area contributed by atoms with Crippen molar-refractivity contribution < 1.29 is 32.5 Å². The van der Waals surface area contributed by atoms with E-state index in [1.165, 1.54) is 33.5 Å². The normalized spacial score (nSPS) is 11.3. The molecule has 0 aliphatic rings. The van der Waals surface area contributed by atoms with Crippen molar-refractivity contribution in [2.75, 3.05) is 19.5 Å². The maximum atomic E-state index is 13.4. The molecular formula is C23H19F3N6O5. The Morgan fingerprint density at radius 1 is 1.11 bits per heavy atom. The van der Waals surface area contributed by atoms with Crippen molar-refractivity contribution in [3.05, 3.63) is 70.0 Å². The molecular weight excluding hydrogens is 497 g/mol. The number of pyridine rings is 1. The molecule has 4 aromatic rings. The van der Waals surface area contributed by atoms with Crippen LogP contribution in [0.25, 0.3) is 16.9 Å². The molecule has 3 aromatic heterocycles. The van der Waals surface area contributed by atoms with Crippen LogP contribution < -0.4 is 20.3 Å². The van der Waals surface area contributed by atoms with Gasteiger partial charge in [0.15, 0.2) is 11.5 Å². The third kappa shape index (κ3) is 5.22. The van der Waals surface area contributed by atoms with Gasteiger partial charge in [0.05, 0.1) is 14.2 Å². The van der Waals surface area contributed by atoms with Gasteiger partial charge >= 0.3 is 12.1 Å². The van der Waals surface area contributed by atoms with E-state index in [1.54, 1.807) is 18.2 Å². The lowest BCUT2D eigenvalue weighted by Crippen LogP contribution is -2.17. The van der Waals surface area contributed by atoms with E-state index in [9.17, 15) is 27.9 Å². The number of aromatic amines is 1. The maximum Gasteiger partial charge on any atom is 0.435 e. The average Bonchev–Trinajstić information content (AvgIpc) is 3.26. The minimum absolute atomic E-state index is 0.0135. The van der Waals surface area contributed by atoms with Crippen molar-refractivity contribution in [2.45, 2.75) is 13.1 Å². The highest BCUT2D eigenvalue weighted by molar-refractivity contribution is 5.89. The van der Waals surface area contributed by atoms with Gasteiger partial charge in [-0.3, -0.25) is 4.79 Å². The number of nitrogens with one attached hydrogen (secondary N) is 2. The molecule has 0 saturated carbocycles. The molecule has 1 aromatic carbocycles. The summed E-state index contributed by atoms with van der Waals surface area (Å²) in [6.07, 6.45) is -2.23. The van der Waals surface area contributed by atoms with Gasteiger partial charge in [0.2, 0.25) is 5.95 Å². The number of aromatic nitrogens is 5. The molecule has 3 heterocycles. The Morgan fingerprint density at radius 2 is 1.78 bits per heavy atom. The first-order valence-electron chi connectivity index (χ1n) is 10.5. The largest absolute Gasteiger partial charge is 0.497 e. The molecule has 0 unspecified atom stereocenters. The summed E-state index contributed by atoms with van der Waals surface area (Å²) in [6.45, 7) is 1.41. The van der Waals surface area contributed by atoms with Gasteiger partial charge in [0, 0.05) is 53.1 Å². The first-order valence-corrected chi connectivity index (χ1v) is 10.5. The topological polar surface area (TPSA) is 144 Å². The summed E-state index contributed by atoms with van der Waals surface area (Å²) < 4.78 is 51.5. The van der Waals surface area contributed by atoms with Crippen molar-refractivity contribution in [2.24, 2.45) is 0 Å². The molecule has 0 bridgehead atoms. The van der Waals surface area contributed by atoms with Crippen LogP contribution in [-0.2, 0) is 6.18 Å². The zero-order valence-electron chi connectivity index (χ0n) is 19.5. The Balaban J connectivity index is 1.89. The van der Waals surface area contributed by atoms with E-state index in [0.717, 1.165) is 16.8 Å². The van der Waals surface area contributed by atoms with E-state index in [1.807, 2.05) is 0 Å². The zero-order chi connectivity index (χ0) is 26.9. The number of carboxylic acids is 1. The fourth-order valence-corrected chi connectivity index (χ4v) is 3.43. The minimum atomic E-state index is -4.71. The molecule has 0 aliphatic heterocycles. The summed E-state index contributed by atoms with van der Waals surface area (Å²) in [5, 5.41) is 15.9. The fourth-order valence-electron chi connectivity index (χ4n) is 3.43. The van der Waals surface area contributed by atoms with Gasteiger partial charge in [-0.25, -0.2) is 14.5 Å². The monoisotopic (exact) mass is 516 g/mol. The van der Waals surface area contributed by atoms with Gasteiger partial charge in [-0.05, 0) is 19.1 Å². The van der Waals surface area contributed by atoms with E-state index >= 15 is 0 Å². The van der Waals surface area contributed by atoms with Crippen molar-refractivity contribution in [3.8, 4) is 28.4 Å². The van der Waals surface area contributed by atoms with Crippen molar-refractivity contribution >= 4 is 17.6 Å². The predicted octanol–water partition coefficient (Wildman–Crippen LogP) is 3.80. The SMILES string of the molecule is COc1cc(Nc2ncc(-c3c[nH]c(=O)c(C(=O)O)c3)c(-n3nc(C(F)(F)F)cc3C)n2)cc(OC)c1. The van der Waals surface area contributed by atoms with Crippen LogP contribution in [0, 0.1) is 6.92 Å². The second-order valence-electron chi connectivity index (χ2n) is 7.67. The number of ether oxygens (including phenoxy) is 2. The number of alkyl halides is 3. The van der Waals surface area contributed by atoms with Crippen LogP contribution >= 0.6 is 0 Å². The number of carboxylic acid groups (broad SMARTS) is 1. The van der Waals surface area contributed by atoms with Gasteiger partial charge in [-0.15, -0.1) is 0 Å². The van der Waals surface area contributed by atoms with Crippen LogP contribution in [0.3, 0.4) is 0 Å². The summed E-state index contributed by atoms with van der Waals surface area (Å²) in [6, 6.07) is 6.82. The first-order chi connectivity index (χ1) is 17.5. The lowest BCUT2D eigenvalue weighted by atomic mass is 10.1. The molecule has 0 radical (unpaired) electrons. The van der Waals surface area contributed by atoms with Crippen LogP contribution in [0.4, 0.5) is 24.8 Å². The molecule has 192 valence electrons. The summed E-state index contributed by atoms with van der Waals surface area (Å²) in [4.78, 5) is 34.3. The Bertz CT molecular complexity index is 1520. The van der Waals surface area contributed by atoms with Gasteiger partial charge in [0.25, 0.3) is 5.56 Å². The van der Waals surface area contributed by atoms with Gasteiger partial charge in [-0.2, -0.15) is 23.3 Å². The third-order valence-electron chi connectivity index (χ3n) is 5.20. The van der Waals surface area contributed by atoms with Gasteiger partial charge in [0.1, 0.15) is 17.1 Å². The Labute approximate surface area is 206 Å². The maximum absolute atomic E-state index is 13.4. The third-order valence-corrected chi connectivity index (χ3v) is 5.20. The molecule has 0 saturated heterocycles. The molecule has 0 amide bonds. The van der Waals surface area contributed by atoms with Crippen LogP contribution in [0.2, 0.25) is 0 Å². The van der Waals surface area contributed by atoms with E-state index in [-0.39, 0.29) is 28.6 Å². The van der Waals surface area contributed by atoms with Gasteiger partial charge in [-0.1, -0.05) is 0 Å². The van der Waals surface area contributed by atoms with E-state index < -0.39 is 29.0 Å². The number of benzene rings is 1. The quantitative estimate of drug-likeness (QED) is 0.334. The highest BCUT2D eigenvalue weighted by atomic mass is 19.4. The zero-order valence-corrected chi connectivity index (χ0v) is 19.5. The highest BCUT2D eigenvalue weighted by Crippen LogP contribution is 2.32. The van der Waals surface area contributed by atoms with Crippen LogP contribution in [0.5, 0.6) is 11.5 Å². The second kappa shape index (κ2) is 9.64. The number of halogens is 3. The molecule has 4 rings (SSSR count). The number of carbonyl (C=O) groups is 1. The lowest BCUT2D eigenvalue weighted by Gasteiger charge is -2.14. The predicted molar refractivity (Wildman–Crippen MR) is 125 cm³/mol. The standard InChI is InChI=1S/C23H19F3N6O5/c1-11-4-18(23(24,25)26)31-32(11)19-17(12-5-16(21(34)35)20(33)27-9-12)10-28-22(30-19)29-13-6-14(36-2)8-15(7-13)37-3/h4-10H,1-3H3,(H,27,33)(H,34,35)(H,28,29,30). The molecule has 0 fully saturated rings. The molecule has 0 aliphatic carbocycles. The van der Waals surface area contributed by atoms with Crippen molar-refractivity contribution in [1.82, 2.24) is 24.7 Å². The number of methoxy groups -OCH3 is 2. The van der Waals surface area contributed by atoms with Crippen LogP contribution in [0.1, 0.15) is 21.7 Å². The number of H-pyrrole nitrogens is 1. The smallest absolute Gasteiger partial charge is 0.435 e. The number of aromatic carboxylic acids is 1. The summed E-state index contributed by atoms with van der Waals surface area (Å²) in [5.41, 5.74) is -1.74. The number of aryl methyl sites for hydroxylation is 1. The fraction of sp³-hybridized carbons (Fsp3) is 0.174. The molecule has 0 atom stereocenters. The Morgan fingerprint density at radius 3 is 2.35 bits per heavy atom. The molecule has 11 nitrogen and oxygen atoms in total. The van der Waals surface area contributed by atoms with E-state index in [0.29, 0.717) is 17.2 Å². The van der Waals surface area contributed by atoms with E-state index in [2.05, 4.69) is 25.4 Å². The molecule has 14 heteroatoms. The summed E-state index contributed by atoms with van der Waals surface area (Å²) in [5.74, 6) is -0.661. The number of hydrogen-bond acceptors (Lipinski definition) is 8.